The molecule has 0 aromatic heterocycles. The van der Waals surface area contributed by atoms with E-state index in [0.29, 0.717) is 5.92 Å². The molecule has 0 bridgehead atoms. The van der Waals surface area contributed by atoms with Gasteiger partial charge in [0.2, 0.25) is 0 Å². The molecule has 2 aromatic rings. The van der Waals surface area contributed by atoms with E-state index in [4.69, 9.17) is 16.3 Å². The topological polar surface area (TPSA) is 29.5 Å². The molecule has 1 saturated carbocycles. The van der Waals surface area contributed by atoms with Gasteiger partial charge >= 0.3 is 0 Å². The number of methoxy groups -OCH3 is 1. The fourth-order valence-electron chi connectivity index (χ4n) is 4.91. The minimum atomic E-state index is -0.182. The van der Waals surface area contributed by atoms with E-state index in [9.17, 15) is 5.11 Å². The number of benzene rings is 2. The van der Waals surface area contributed by atoms with Crippen LogP contribution in [0.5, 0.6) is 5.75 Å². The summed E-state index contributed by atoms with van der Waals surface area (Å²) in [6.45, 7) is 4.38. The third-order valence-corrected chi connectivity index (χ3v) is 6.43. The Labute approximate surface area is 142 Å². The van der Waals surface area contributed by atoms with E-state index in [2.05, 4.69) is 32.0 Å². The molecule has 122 valence electrons. The smallest absolute Gasteiger partial charge is 0.122 e. The van der Waals surface area contributed by atoms with Gasteiger partial charge in [-0.15, -0.1) is 0 Å². The third kappa shape index (κ3) is 2.19. The number of halogens is 1. The Bertz CT molecular complexity index is 798. The molecule has 0 radical (unpaired) electrons. The van der Waals surface area contributed by atoms with E-state index in [1.165, 1.54) is 16.5 Å². The Kier molecular flexibility index (Phi) is 3.40. The predicted molar refractivity (Wildman–Crippen MR) is 94.7 cm³/mol. The van der Waals surface area contributed by atoms with Crippen LogP contribution in [0.2, 0.25) is 5.02 Å². The zero-order chi connectivity index (χ0) is 16.4. The minimum Gasteiger partial charge on any atom is -0.496 e. The molecule has 0 spiro atoms. The fraction of sp³-hybridized carbons (Fsp3) is 0.500. The summed E-state index contributed by atoms with van der Waals surface area (Å²) in [5.74, 6) is 1.33. The van der Waals surface area contributed by atoms with Gasteiger partial charge in [-0.05, 0) is 84.2 Å². The molecule has 1 N–H and O–H groups in total. The lowest BCUT2D eigenvalue weighted by atomic mass is 9.66. The van der Waals surface area contributed by atoms with Crippen molar-refractivity contribution in [3.63, 3.8) is 0 Å². The highest BCUT2D eigenvalue weighted by Gasteiger charge is 2.47. The molecule has 2 nitrogen and oxygen atoms in total. The van der Waals surface area contributed by atoms with Crippen molar-refractivity contribution in [3.8, 4) is 5.75 Å². The maximum atomic E-state index is 10.2. The Morgan fingerprint density at radius 3 is 2.78 bits per heavy atom. The second-order valence-electron chi connectivity index (χ2n) is 7.59. The van der Waals surface area contributed by atoms with Gasteiger partial charge in [0.25, 0.3) is 0 Å². The van der Waals surface area contributed by atoms with Gasteiger partial charge in [-0.2, -0.15) is 0 Å². The average molecular weight is 331 g/mol. The standard InChI is InChI=1S/C20H23ClO2/c1-11-6-16-14(9-19(11)23-3)13-4-5-20(2)10-12(22)7-17(20)15(13)8-18(16)21/h6,8-9,12,17,22H,4-5,7,10H2,1-3H3/t12-,17+,20-/m0/s1. The van der Waals surface area contributed by atoms with Gasteiger partial charge in [-0.1, -0.05) is 18.5 Å². The second-order valence-corrected chi connectivity index (χ2v) is 8.00. The number of ether oxygens (including phenoxy) is 1. The maximum Gasteiger partial charge on any atom is 0.122 e. The predicted octanol–water partition coefficient (Wildman–Crippen LogP) is 5.00. The van der Waals surface area contributed by atoms with Gasteiger partial charge in [-0.25, -0.2) is 0 Å². The van der Waals surface area contributed by atoms with Crippen molar-refractivity contribution in [3.05, 3.63) is 39.9 Å². The van der Waals surface area contributed by atoms with E-state index >= 15 is 0 Å². The van der Waals surface area contributed by atoms with Crippen molar-refractivity contribution in [1.82, 2.24) is 0 Å². The first-order valence-electron chi connectivity index (χ1n) is 8.40. The number of aryl methyl sites for hydroxylation is 2. The lowest BCUT2D eigenvalue weighted by Crippen LogP contribution is -2.26. The first-order valence-corrected chi connectivity index (χ1v) is 8.78. The average Bonchev–Trinajstić information content (AvgIpc) is 2.82. The van der Waals surface area contributed by atoms with Crippen LogP contribution in [0.15, 0.2) is 18.2 Å². The van der Waals surface area contributed by atoms with Crippen molar-refractivity contribution < 1.29 is 9.84 Å². The van der Waals surface area contributed by atoms with Crippen LogP contribution >= 0.6 is 11.6 Å². The van der Waals surface area contributed by atoms with E-state index in [1.807, 2.05) is 0 Å². The quantitative estimate of drug-likeness (QED) is 0.797. The Balaban J connectivity index is 1.98. The van der Waals surface area contributed by atoms with Gasteiger partial charge in [0, 0.05) is 10.4 Å². The van der Waals surface area contributed by atoms with Gasteiger partial charge in [0.05, 0.1) is 13.2 Å². The molecule has 3 atom stereocenters. The number of aliphatic hydroxyl groups is 1. The minimum absolute atomic E-state index is 0.182. The molecule has 1 fully saturated rings. The molecular weight excluding hydrogens is 308 g/mol. The molecule has 2 aromatic carbocycles. The number of aliphatic hydroxyl groups excluding tert-OH is 1. The summed E-state index contributed by atoms with van der Waals surface area (Å²) in [5, 5.41) is 13.4. The summed E-state index contributed by atoms with van der Waals surface area (Å²) in [4.78, 5) is 0. The van der Waals surface area contributed by atoms with Crippen molar-refractivity contribution in [2.24, 2.45) is 5.41 Å². The molecule has 3 heteroatoms. The highest BCUT2D eigenvalue weighted by molar-refractivity contribution is 6.35. The number of hydrogen-bond acceptors (Lipinski definition) is 2. The van der Waals surface area contributed by atoms with Crippen LogP contribution in [0.1, 0.15) is 48.8 Å². The van der Waals surface area contributed by atoms with E-state index in [-0.39, 0.29) is 11.5 Å². The number of rotatable bonds is 1. The van der Waals surface area contributed by atoms with Crippen LogP contribution in [0.4, 0.5) is 0 Å². The second kappa shape index (κ2) is 5.12. The van der Waals surface area contributed by atoms with Crippen molar-refractivity contribution in [1.29, 1.82) is 0 Å². The fourth-order valence-corrected chi connectivity index (χ4v) is 5.19. The SMILES string of the molecule is COc1cc2c3c(cc(Cl)c2cc1C)[C@H]1C[C@H](O)C[C@]1(C)CC3. The molecule has 0 unspecified atom stereocenters. The molecule has 23 heavy (non-hydrogen) atoms. The van der Waals surface area contributed by atoms with Crippen LogP contribution in [0.3, 0.4) is 0 Å². The van der Waals surface area contributed by atoms with Crippen molar-refractivity contribution in [2.75, 3.05) is 7.11 Å². The highest BCUT2D eigenvalue weighted by Crippen LogP contribution is 2.57. The molecule has 0 saturated heterocycles. The first kappa shape index (κ1) is 15.3. The van der Waals surface area contributed by atoms with Crippen molar-refractivity contribution >= 4 is 22.4 Å². The summed E-state index contributed by atoms with van der Waals surface area (Å²) in [6.07, 6.45) is 3.76. The molecule has 2 aliphatic rings. The Morgan fingerprint density at radius 1 is 1.26 bits per heavy atom. The van der Waals surface area contributed by atoms with Gasteiger partial charge in [-0.3, -0.25) is 0 Å². The summed E-state index contributed by atoms with van der Waals surface area (Å²) in [7, 11) is 1.72. The van der Waals surface area contributed by atoms with E-state index < -0.39 is 0 Å². The Morgan fingerprint density at radius 2 is 2.04 bits per heavy atom. The van der Waals surface area contributed by atoms with E-state index in [1.54, 1.807) is 7.11 Å². The largest absolute Gasteiger partial charge is 0.496 e. The normalized spacial score (nSPS) is 29.4. The van der Waals surface area contributed by atoms with Crippen molar-refractivity contribution in [2.45, 2.75) is 51.6 Å². The van der Waals surface area contributed by atoms with Crippen LogP contribution < -0.4 is 4.74 Å². The van der Waals surface area contributed by atoms with Gasteiger partial charge < -0.3 is 9.84 Å². The highest BCUT2D eigenvalue weighted by atomic mass is 35.5. The third-order valence-electron chi connectivity index (χ3n) is 6.12. The van der Waals surface area contributed by atoms with Crippen LogP contribution in [-0.2, 0) is 6.42 Å². The first-order chi connectivity index (χ1) is 10.9. The zero-order valence-corrected chi connectivity index (χ0v) is 14.7. The molecule has 0 aliphatic heterocycles. The zero-order valence-electron chi connectivity index (χ0n) is 13.9. The summed E-state index contributed by atoms with van der Waals surface area (Å²) < 4.78 is 5.52. The number of hydrogen-bond donors (Lipinski definition) is 1. The van der Waals surface area contributed by atoms with Gasteiger partial charge in [0.1, 0.15) is 5.75 Å². The summed E-state index contributed by atoms with van der Waals surface area (Å²) >= 11 is 6.63. The lowest BCUT2D eigenvalue weighted by molar-refractivity contribution is 0.159. The van der Waals surface area contributed by atoms with Crippen LogP contribution in [0.25, 0.3) is 10.8 Å². The molecule has 0 heterocycles. The summed E-state index contributed by atoms with van der Waals surface area (Å²) in [5.41, 5.74) is 4.06. The van der Waals surface area contributed by atoms with Gasteiger partial charge in [0.15, 0.2) is 0 Å². The monoisotopic (exact) mass is 330 g/mol. The van der Waals surface area contributed by atoms with E-state index in [0.717, 1.165) is 47.4 Å². The maximum absolute atomic E-state index is 10.2. The molecule has 4 rings (SSSR count). The molecular formula is C20H23ClO2. The Hall–Kier alpha value is -1.25. The van der Waals surface area contributed by atoms with Crippen LogP contribution in [-0.4, -0.2) is 18.3 Å². The number of fused-ring (bicyclic) bond motifs is 5. The summed E-state index contributed by atoms with van der Waals surface area (Å²) in [6, 6.07) is 6.43. The molecule has 2 aliphatic carbocycles. The lowest BCUT2D eigenvalue weighted by Gasteiger charge is -2.38. The molecule has 0 amide bonds. The van der Waals surface area contributed by atoms with Crippen LogP contribution in [0, 0.1) is 12.3 Å².